The molecule has 0 radical (unpaired) electrons. The summed E-state index contributed by atoms with van der Waals surface area (Å²) < 4.78 is 24.1. The van der Waals surface area contributed by atoms with Gasteiger partial charge in [-0.2, -0.15) is 0 Å². The first-order valence-corrected chi connectivity index (χ1v) is 8.10. The number of pyridine rings is 1. The minimum atomic E-state index is -2.84. The SMILES string of the molecule is O=S1(=O)CCCC1CNCc1cncc(Br)c1. The van der Waals surface area contributed by atoms with E-state index in [4.69, 9.17) is 0 Å². The molecule has 4 nitrogen and oxygen atoms in total. The van der Waals surface area contributed by atoms with E-state index in [0.717, 1.165) is 22.9 Å². The quantitative estimate of drug-likeness (QED) is 0.914. The largest absolute Gasteiger partial charge is 0.311 e. The highest BCUT2D eigenvalue weighted by Crippen LogP contribution is 2.19. The number of aromatic nitrogens is 1. The van der Waals surface area contributed by atoms with Crippen LogP contribution in [0, 0.1) is 0 Å². The first-order valence-electron chi connectivity index (χ1n) is 5.59. The molecular formula is C11H15BrN2O2S. The van der Waals surface area contributed by atoms with Gasteiger partial charge in [0, 0.05) is 30.0 Å². The summed E-state index contributed by atoms with van der Waals surface area (Å²) >= 11 is 3.35. The number of sulfone groups is 1. The molecule has 6 heteroatoms. The van der Waals surface area contributed by atoms with Crippen molar-refractivity contribution in [1.82, 2.24) is 10.3 Å². The minimum Gasteiger partial charge on any atom is -0.311 e. The standard InChI is InChI=1S/C11H15BrN2O2S/c12-10-4-9(5-13-7-10)6-14-8-11-2-1-3-17(11,15)16/h4-5,7,11,14H,1-3,6,8H2. The van der Waals surface area contributed by atoms with E-state index in [2.05, 4.69) is 26.2 Å². The monoisotopic (exact) mass is 318 g/mol. The van der Waals surface area contributed by atoms with Gasteiger partial charge in [0.05, 0.1) is 11.0 Å². The van der Waals surface area contributed by atoms with Gasteiger partial charge in [0.2, 0.25) is 0 Å². The van der Waals surface area contributed by atoms with Crippen LogP contribution in [0.4, 0.5) is 0 Å². The van der Waals surface area contributed by atoms with Gasteiger partial charge in [-0.3, -0.25) is 4.98 Å². The zero-order chi connectivity index (χ0) is 12.3. The van der Waals surface area contributed by atoms with Gasteiger partial charge in [-0.1, -0.05) is 0 Å². The highest BCUT2D eigenvalue weighted by Gasteiger charge is 2.30. The van der Waals surface area contributed by atoms with Crippen molar-refractivity contribution < 1.29 is 8.42 Å². The van der Waals surface area contributed by atoms with Crippen molar-refractivity contribution >= 4 is 25.8 Å². The molecule has 17 heavy (non-hydrogen) atoms. The lowest BCUT2D eigenvalue weighted by atomic mass is 10.2. The predicted molar refractivity (Wildman–Crippen MR) is 70.5 cm³/mol. The Labute approximate surface area is 110 Å². The third kappa shape index (κ3) is 3.50. The Morgan fingerprint density at radius 3 is 2.94 bits per heavy atom. The molecule has 1 aliphatic rings. The van der Waals surface area contributed by atoms with E-state index in [0.29, 0.717) is 18.8 Å². The second kappa shape index (κ2) is 5.46. The van der Waals surface area contributed by atoms with Crippen molar-refractivity contribution in [3.63, 3.8) is 0 Å². The maximum absolute atomic E-state index is 11.6. The molecule has 0 amide bonds. The van der Waals surface area contributed by atoms with Crippen LogP contribution in [0.5, 0.6) is 0 Å². The zero-order valence-corrected chi connectivity index (χ0v) is 11.8. The molecule has 2 heterocycles. The van der Waals surface area contributed by atoms with E-state index in [-0.39, 0.29) is 5.25 Å². The van der Waals surface area contributed by atoms with Gasteiger partial charge in [-0.25, -0.2) is 8.42 Å². The summed E-state index contributed by atoms with van der Waals surface area (Å²) in [4.78, 5) is 4.06. The predicted octanol–water partition coefficient (Wildman–Crippen LogP) is 1.51. The van der Waals surface area contributed by atoms with Gasteiger partial charge in [0.1, 0.15) is 0 Å². The molecule has 1 fully saturated rings. The molecule has 94 valence electrons. The van der Waals surface area contributed by atoms with Crippen molar-refractivity contribution in [1.29, 1.82) is 0 Å². The van der Waals surface area contributed by atoms with Crippen molar-refractivity contribution in [3.05, 3.63) is 28.5 Å². The first-order chi connectivity index (χ1) is 8.08. The number of hydrogen-bond donors (Lipinski definition) is 1. The van der Waals surface area contributed by atoms with Crippen LogP contribution in [0.15, 0.2) is 22.9 Å². The molecule has 0 spiro atoms. The fraction of sp³-hybridized carbons (Fsp3) is 0.545. The molecule has 1 unspecified atom stereocenters. The Morgan fingerprint density at radius 1 is 1.47 bits per heavy atom. The van der Waals surface area contributed by atoms with E-state index < -0.39 is 9.84 Å². The molecule has 1 saturated heterocycles. The molecular weight excluding hydrogens is 304 g/mol. The van der Waals surface area contributed by atoms with Crippen LogP contribution in [0.3, 0.4) is 0 Å². The van der Waals surface area contributed by atoms with Crippen LogP contribution in [0.2, 0.25) is 0 Å². The minimum absolute atomic E-state index is 0.206. The Kier molecular flexibility index (Phi) is 4.17. The van der Waals surface area contributed by atoms with E-state index in [1.54, 1.807) is 12.4 Å². The fourth-order valence-corrected chi connectivity index (χ4v) is 4.23. The normalized spacial score (nSPS) is 22.8. The third-order valence-electron chi connectivity index (χ3n) is 2.93. The fourth-order valence-electron chi connectivity index (χ4n) is 2.02. The summed E-state index contributed by atoms with van der Waals surface area (Å²) in [6, 6.07) is 1.98. The second-order valence-electron chi connectivity index (χ2n) is 4.27. The average molecular weight is 319 g/mol. The van der Waals surface area contributed by atoms with E-state index >= 15 is 0 Å². The summed E-state index contributed by atoms with van der Waals surface area (Å²) in [5.74, 6) is 0.345. The summed E-state index contributed by atoms with van der Waals surface area (Å²) in [6.07, 6.45) is 5.09. The lowest BCUT2D eigenvalue weighted by Crippen LogP contribution is -2.30. The number of hydrogen-bond acceptors (Lipinski definition) is 4. The molecule has 0 bridgehead atoms. The Balaban J connectivity index is 1.84. The maximum atomic E-state index is 11.6. The third-order valence-corrected chi connectivity index (χ3v) is 5.63. The molecule has 2 rings (SSSR count). The molecule has 0 aliphatic carbocycles. The van der Waals surface area contributed by atoms with Crippen molar-refractivity contribution in [2.45, 2.75) is 24.6 Å². The van der Waals surface area contributed by atoms with Crippen LogP contribution in [0.1, 0.15) is 18.4 Å². The highest BCUT2D eigenvalue weighted by molar-refractivity contribution is 9.10. The number of rotatable bonds is 4. The van der Waals surface area contributed by atoms with Crippen LogP contribution in [-0.4, -0.2) is 30.9 Å². The lowest BCUT2D eigenvalue weighted by molar-refractivity contribution is 0.574. The van der Waals surface area contributed by atoms with Crippen LogP contribution in [-0.2, 0) is 16.4 Å². The van der Waals surface area contributed by atoms with Gasteiger partial charge >= 0.3 is 0 Å². The molecule has 0 saturated carbocycles. The van der Waals surface area contributed by atoms with Gasteiger partial charge < -0.3 is 5.32 Å². The Morgan fingerprint density at radius 2 is 2.29 bits per heavy atom. The molecule has 1 aromatic heterocycles. The van der Waals surface area contributed by atoms with Crippen molar-refractivity contribution in [2.24, 2.45) is 0 Å². The van der Waals surface area contributed by atoms with Gasteiger partial charge in [0.15, 0.2) is 9.84 Å². The first kappa shape index (κ1) is 13.0. The van der Waals surface area contributed by atoms with Crippen molar-refractivity contribution in [3.8, 4) is 0 Å². The summed E-state index contributed by atoms with van der Waals surface area (Å²) in [6.45, 7) is 1.19. The Hall–Kier alpha value is -0.460. The molecule has 1 aliphatic heterocycles. The van der Waals surface area contributed by atoms with E-state index in [9.17, 15) is 8.42 Å². The maximum Gasteiger partial charge on any atom is 0.154 e. The van der Waals surface area contributed by atoms with Crippen LogP contribution < -0.4 is 5.32 Å². The summed E-state index contributed by atoms with van der Waals surface area (Å²) in [7, 11) is -2.84. The summed E-state index contributed by atoms with van der Waals surface area (Å²) in [5.41, 5.74) is 1.05. The number of nitrogens with one attached hydrogen (secondary N) is 1. The highest BCUT2D eigenvalue weighted by atomic mass is 79.9. The lowest BCUT2D eigenvalue weighted by Gasteiger charge is -2.10. The average Bonchev–Trinajstić information content (AvgIpc) is 2.58. The molecule has 1 aromatic rings. The van der Waals surface area contributed by atoms with Gasteiger partial charge in [0.25, 0.3) is 0 Å². The zero-order valence-electron chi connectivity index (χ0n) is 9.39. The Bertz CT molecular complexity index is 490. The van der Waals surface area contributed by atoms with Crippen molar-refractivity contribution in [2.75, 3.05) is 12.3 Å². The number of halogens is 1. The van der Waals surface area contributed by atoms with Gasteiger partial charge in [-0.05, 0) is 40.4 Å². The van der Waals surface area contributed by atoms with Crippen LogP contribution in [0.25, 0.3) is 0 Å². The van der Waals surface area contributed by atoms with E-state index in [1.807, 2.05) is 6.07 Å². The molecule has 1 atom stereocenters. The topological polar surface area (TPSA) is 59.1 Å². The summed E-state index contributed by atoms with van der Waals surface area (Å²) in [5, 5.41) is 2.98. The smallest absolute Gasteiger partial charge is 0.154 e. The molecule has 1 N–H and O–H groups in total. The second-order valence-corrected chi connectivity index (χ2v) is 7.59. The number of nitrogens with zero attached hydrogens (tertiary/aromatic N) is 1. The van der Waals surface area contributed by atoms with Gasteiger partial charge in [-0.15, -0.1) is 0 Å². The molecule has 0 aromatic carbocycles. The van der Waals surface area contributed by atoms with Crippen LogP contribution >= 0.6 is 15.9 Å². The van der Waals surface area contributed by atoms with E-state index in [1.165, 1.54) is 0 Å².